The molecule has 5 heteroatoms. The molecule has 108 valence electrons. The molecule has 1 saturated heterocycles. The Labute approximate surface area is 124 Å². The van der Waals surface area contributed by atoms with Gasteiger partial charge in [0.15, 0.2) is 0 Å². The number of aliphatic imine (C=N–C) groups is 1. The lowest BCUT2D eigenvalue weighted by molar-refractivity contribution is 0.135. The Bertz CT molecular complexity index is 546. The summed E-state index contributed by atoms with van der Waals surface area (Å²) in [5, 5.41) is 7.91. The Kier molecular flexibility index (Phi) is 3.82. The first kappa shape index (κ1) is 14.0. The monoisotopic (exact) mass is 293 g/mol. The molecule has 0 aromatic heterocycles. The number of ether oxygens (including phenoxy) is 1. The van der Waals surface area contributed by atoms with Crippen LogP contribution in [0.15, 0.2) is 17.1 Å². The minimum Gasteiger partial charge on any atom is -0.382 e. The Morgan fingerprint density at radius 1 is 1.50 bits per heavy atom. The summed E-state index contributed by atoms with van der Waals surface area (Å²) >= 11 is 6.21. The van der Waals surface area contributed by atoms with Crippen LogP contribution < -0.4 is 10.6 Å². The van der Waals surface area contributed by atoms with Gasteiger partial charge >= 0.3 is 0 Å². The summed E-state index contributed by atoms with van der Waals surface area (Å²) in [4.78, 5) is 4.59. The molecular weight excluding hydrogens is 274 g/mol. The number of hydrogen-bond donors (Lipinski definition) is 2. The molecule has 2 aliphatic heterocycles. The standard InChI is InChI=1S/C15H20ClN3O/c1-3-20-5-4-13-17-8-15(19-13)9-18-14-10(2)6-11(16)7-12(14)15/h6-7,9,13,17,19H,3-5,8H2,1-2H3/t13-,15?/m1/s1. The van der Waals surface area contributed by atoms with Crippen molar-refractivity contribution in [1.82, 2.24) is 10.6 Å². The summed E-state index contributed by atoms with van der Waals surface area (Å²) in [6, 6.07) is 3.99. The lowest BCUT2D eigenvalue weighted by atomic mass is 9.92. The maximum absolute atomic E-state index is 6.21. The van der Waals surface area contributed by atoms with E-state index in [0.29, 0.717) is 0 Å². The van der Waals surface area contributed by atoms with Crippen LogP contribution in [0.1, 0.15) is 24.5 Å². The molecule has 0 aliphatic carbocycles. The molecule has 1 fully saturated rings. The molecule has 2 heterocycles. The van der Waals surface area contributed by atoms with Crippen molar-refractivity contribution < 1.29 is 4.74 Å². The maximum atomic E-state index is 6.21. The van der Waals surface area contributed by atoms with Gasteiger partial charge in [-0.15, -0.1) is 0 Å². The number of halogens is 1. The minimum absolute atomic E-state index is 0.220. The molecular formula is C15H20ClN3O. The lowest BCUT2D eigenvalue weighted by Gasteiger charge is -2.23. The van der Waals surface area contributed by atoms with Crippen LogP contribution in [0.25, 0.3) is 0 Å². The molecule has 1 aromatic rings. The van der Waals surface area contributed by atoms with Gasteiger partial charge in [0.25, 0.3) is 0 Å². The third-order valence-corrected chi connectivity index (χ3v) is 4.19. The van der Waals surface area contributed by atoms with Gasteiger partial charge in [0.2, 0.25) is 0 Å². The number of rotatable bonds is 4. The highest BCUT2D eigenvalue weighted by Crippen LogP contribution is 2.40. The first-order chi connectivity index (χ1) is 9.64. The van der Waals surface area contributed by atoms with Crippen molar-refractivity contribution in [3.8, 4) is 0 Å². The third-order valence-electron chi connectivity index (χ3n) is 3.97. The van der Waals surface area contributed by atoms with Crippen molar-refractivity contribution >= 4 is 23.5 Å². The average molecular weight is 294 g/mol. The van der Waals surface area contributed by atoms with Crippen molar-refractivity contribution in [2.45, 2.75) is 32.0 Å². The zero-order chi connectivity index (χ0) is 14.2. The number of aryl methyl sites for hydroxylation is 1. The Morgan fingerprint density at radius 3 is 3.15 bits per heavy atom. The van der Waals surface area contributed by atoms with Crippen molar-refractivity contribution in [3.63, 3.8) is 0 Å². The van der Waals surface area contributed by atoms with E-state index < -0.39 is 0 Å². The summed E-state index contributed by atoms with van der Waals surface area (Å²) in [5.41, 5.74) is 3.13. The summed E-state index contributed by atoms with van der Waals surface area (Å²) in [6.45, 7) is 6.42. The van der Waals surface area contributed by atoms with Crippen LogP contribution in [-0.4, -0.2) is 32.1 Å². The highest BCUT2D eigenvalue weighted by Gasteiger charge is 2.43. The first-order valence-electron chi connectivity index (χ1n) is 7.09. The van der Waals surface area contributed by atoms with E-state index in [1.54, 1.807) is 0 Å². The quantitative estimate of drug-likeness (QED) is 0.839. The number of benzene rings is 1. The molecule has 20 heavy (non-hydrogen) atoms. The number of nitrogens with zero attached hydrogens (tertiary/aromatic N) is 1. The van der Waals surface area contributed by atoms with Crippen molar-refractivity contribution in [1.29, 1.82) is 0 Å². The molecule has 1 unspecified atom stereocenters. The molecule has 0 radical (unpaired) electrons. The molecule has 1 spiro atoms. The molecule has 4 nitrogen and oxygen atoms in total. The van der Waals surface area contributed by atoms with Gasteiger partial charge in [0.05, 0.1) is 17.4 Å². The number of nitrogens with one attached hydrogen (secondary N) is 2. The van der Waals surface area contributed by atoms with Crippen molar-refractivity contribution in [3.05, 3.63) is 28.3 Å². The molecule has 3 rings (SSSR count). The van der Waals surface area contributed by atoms with Gasteiger partial charge in [0.1, 0.15) is 0 Å². The SMILES string of the molecule is CCOCC[C@@H]1NCC2(C=Nc3c(C)cc(Cl)cc32)N1. The van der Waals surface area contributed by atoms with Gasteiger partial charge in [-0.25, -0.2) is 0 Å². The smallest absolute Gasteiger partial charge is 0.0953 e. The van der Waals surface area contributed by atoms with Crippen molar-refractivity contribution in [2.75, 3.05) is 19.8 Å². The molecule has 0 amide bonds. The van der Waals surface area contributed by atoms with Crippen LogP contribution in [0, 0.1) is 6.92 Å². The van der Waals surface area contributed by atoms with E-state index in [1.165, 1.54) is 5.56 Å². The van der Waals surface area contributed by atoms with E-state index >= 15 is 0 Å². The van der Waals surface area contributed by atoms with E-state index in [4.69, 9.17) is 16.3 Å². The Hall–Kier alpha value is -0.940. The van der Waals surface area contributed by atoms with E-state index in [1.807, 2.05) is 25.3 Å². The molecule has 1 aromatic carbocycles. The van der Waals surface area contributed by atoms with Crippen LogP contribution in [0.5, 0.6) is 0 Å². The second-order valence-electron chi connectivity index (χ2n) is 5.41. The van der Waals surface area contributed by atoms with Gasteiger partial charge in [-0.05, 0) is 38.0 Å². The number of fused-ring (bicyclic) bond motifs is 2. The fourth-order valence-electron chi connectivity index (χ4n) is 2.96. The van der Waals surface area contributed by atoms with Crippen molar-refractivity contribution in [2.24, 2.45) is 4.99 Å². The molecule has 2 aliphatic rings. The van der Waals surface area contributed by atoms with Gasteiger partial charge < -0.3 is 4.74 Å². The zero-order valence-corrected chi connectivity index (χ0v) is 12.6. The largest absolute Gasteiger partial charge is 0.382 e. The van der Waals surface area contributed by atoms with Crippen LogP contribution in [0.2, 0.25) is 5.02 Å². The van der Waals surface area contributed by atoms with Gasteiger partial charge in [0, 0.05) is 36.6 Å². The topological polar surface area (TPSA) is 45.6 Å². The number of hydrogen-bond acceptors (Lipinski definition) is 4. The highest BCUT2D eigenvalue weighted by atomic mass is 35.5. The van der Waals surface area contributed by atoms with E-state index in [0.717, 1.165) is 42.5 Å². The second-order valence-corrected chi connectivity index (χ2v) is 5.85. The highest BCUT2D eigenvalue weighted by molar-refractivity contribution is 6.31. The van der Waals surface area contributed by atoms with E-state index in [9.17, 15) is 0 Å². The predicted molar refractivity (Wildman–Crippen MR) is 82.1 cm³/mol. The van der Waals surface area contributed by atoms with Gasteiger partial charge in [-0.3, -0.25) is 15.6 Å². The van der Waals surface area contributed by atoms with E-state index in [2.05, 4.69) is 22.5 Å². The molecule has 0 bridgehead atoms. The first-order valence-corrected chi connectivity index (χ1v) is 7.47. The minimum atomic E-state index is -0.220. The molecule has 2 atom stereocenters. The summed E-state index contributed by atoms with van der Waals surface area (Å²) < 4.78 is 5.42. The maximum Gasteiger partial charge on any atom is 0.0953 e. The zero-order valence-electron chi connectivity index (χ0n) is 11.9. The molecule has 0 saturated carbocycles. The fourth-order valence-corrected chi connectivity index (χ4v) is 3.24. The lowest BCUT2D eigenvalue weighted by Crippen LogP contribution is -2.42. The Balaban J connectivity index is 1.79. The normalized spacial score (nSPS) is 27.4. The third kappa shape index (κ3) is 2.37. The van der Waals surface area contributed by atoms with Crippen LogP contribution >= 0.6 is 11.6 Å². The summed E-state index contributed by atoms with van der Waals surface area (Å²) in [6.07, 6.45) is 3.20. The van der Waals surface area contributed by atoms with E-state index in [-0.39, 0.29) is 11.7 Å². The van der Waals surface area contributed by atoms with Crippen LogP contribution in [0.4, 0.5) is 5.69 Å². The summed E-state index contributed by atoms with van der Waals surface area (Å²) in [5.74, 6) is 0. The van der Waals surface area contributed by atoms with Crippen LogP contribution in [-0.2, 0) is 10.3 Å². The average Bonchev–Trinajstić information content (AvgIpc) is 2.97. The van der Waals surface area contributed by atoms with Gasteiger partial charge in [-0.2, -0.15) is 0 Å². The fraction of sp³-hybridized carbons (Fsp3) is 0.533. The second kappa shape index (κ2) is 5.45. The van der Waals surface area contributed by atoms with Gasteiger partial charge in [-0.1, -0.05) is 11.6 Å². The predicted octanol–water partition coefficient (Wildman–Crippen LogP) is 2.51. The Morgan fingerprint density at radius 2 is 2.35 bits per heavy atom. The molecule has 2 N–H and O–H groups in total. The van der Waals surface area contributed by atoms with Crippen LogP contribution in [0.3, 0.4) is 0 Å². The summed E-state index contributed by atoms with van der Waals surface area (Å²) in [7, 11) is 0.